The van der Waals surface area contributed by atoms with Gasteiger partial charge in [0, 0.05) is 29.1 Å². The van der Waals surface area contributed by atoms with Crippen molar-refractivity contribution < 1.29 is 27.4 Å². The quantitative estimate of drug-likeness (QED) is 0.413. The Labute approximate surface area is 212 Å². The van der Waals surface area contributed by atoms with Crippen LogP contribution in [0, 0.1) is 19.3 Å². The Hall–Kier alpha value is -3.73. The summed E-state index contributed by atoms with van der Waals surface area (Å²) in [5.41, 5.74) is 1.25. The topological polar surface area (TPSA) is 98.3 Å². The third kappa shape index (κ3) is 6.16. The standard InChI is InChI=1S/C26H28F3N5O3/c1-5-37-22-8-15(2)30-11-19(22)23-31-12-21(16(3)32-23)34-24(35)33-18-7-6-17(10-25(4)13-36-14-25)20(9-18)26(27,28)29/h6-9,11-12H,5,10,13-14H2,1-4H3,(H2,33,34,35). The van der Waals surface area contributed by atoms with E-state index in [1.54, 1.807) is 19.2 Å². The minimum Gasteiger partial charge on any atom is -0.493 e. The summed E-state index contributed by atoms with van der Waals surface area (Å²) in [7, 11) is 0. The smallest absolute Gasteiger partial charge is 0.416 e. The van der Waals surface area contributed by atoms with Crippen LogP contribution in [0.2, 0.25) is 0 Å². The molecule has 196 valence electrons. The maximum atomic E-state index is 13.7. The molecule has 0 spiro atoms. The van der Waals surface area contributed by atoms with Gasteiger partial charge in [-0.3, -0.25) is 4.98 Å². The fourth-order valence-corrected chi connectivity index (χ4v) is 4.07. The highest BCUT2D eigenvalue weighted by Gasteiger charge is 2.39. The molecule has 0 bridgehead atoms. The van der Waals surface area contributed by atoms with Crippen LogP contribution >= 0.6 is 0 Å². The van der Waals surface area contributed by atoms with Gasteiger partial charge in [0.1, 0.15) is 5.75 Å². The number of hydrogen-bond donors (Lipinski definition) is 2. The predicted molar refractivity (Wildman–Crippen MR) is 133 cm³/mol. The van der Waals surface area contributed by atoms with Crippen molar-refractivity contribution in [2.75, 3.05) is 30.5 Å². The highest BCUT2D eigenvalue weighted by Crippen LogP contribution is 2.39. The summed E-state index contributed by atoms with van der Waals surface area (Å²) >= 11 is 0. The van der Waals surface area contributed by atoms with E-state index in [-0.39, 0.29) is 23.1 Å². The second kappa shape index (κ2) is 10.3. The van der Waals surface area contributed by atoms with E-state index in [4.69, 9.17) is 9.47 Å². The molecule has 0 unspecified atom stereocenters. The number of hydrogen-bond acceptors (Lipinski definition) is 6. The van der Waals surface area contributed by atoms with E-state index in [1.165, 1.54) is 18.3 Å². The van der Waals surface area contributed by atoms with Gasteiger partial charge in [0.2, 0.25) is 0 Å². The largest absolute Gasteiger partial charge is 0.493 e. The lowest BCUT2D eigenvalue weighted by Crippen LogP contribution is -2.41. The van der Waals surface area contributed by atoms with E-state index in [2.05, 4.69) is 25.6 Å². The molecule has 1 aliphatic rings. The lowest BCUT2D eigenvalue weighted by Gasteiger charge is -2.38. The van der Waals surface area contributed by atoms with Crippen LogP contribution < -0.4 is 15.4 Å². The van der Waals surface area contributed by atoms with Gasteiger partial charge in [-0.05, 0) is 44.9 Å². The van der Waals surface area contributed by atoms with Crippen molar-refractivity contribution in [3.63, 3.8) is 0 Å². The number of urea groups is 1. The van der Waals surface area contributed by atoms with Gasteiger partial charge < -0.3 is 20.1 Å². The van der Waals surface area contributed by atoms with Crippen LogP contribution in [0.3, 0.4) is 0 Å². The molecule has 37 heavy (non-hydrogen) atoms. The first-order valence-electron chi connectivity index (χ1n) is 11.8. The lowest BCUT2D eigenvalue weighted by atomic mass is 9.80. The van der Waals surface area contributed by atoms with Crippen molar-refractivity contribution in [2.24, 2.45) is 5.41 Å². The van der Waals surface area contributed by atoms with Gasteiger partial charge in [-0.1, -0.05) is 13.0 Å². The zero-order valence-corrected chi connectivity index (χ0v) is 21.0. The molecule has 3 aromatic rings. The Kier molecular flexibility index (Phi) is 7.35. The Morgan fingerprint density at radius 3 is 2.51 bits per heavy atom. The molecule has 8 nitrogen and oxygen atoms in total. The van der Waals surface area contributed by atoms with Crippen molar-refractivity contribution >= 4 is 17.4 Å². The first-order valence-corrected chi connectivity index (χ1v) is 11.8. The number of halogens is 3. The molecule has 0 aliphatic carbocycles. The molecule has 2 N–H and O–H groups in total. The molecular formula is C26H28F3N5O3. The summed E-state index contributed by atoms with van der Waals surface area (Å²) in [5.74, 6) is 0.964. The average Bonchev–Trinajstić information content (AvgIpc) is 2.80. The van der Waals surface area contributed by atoms with Crippen molar-refractivity contribution in [2.45, 2.75) is 40.3 Å². The molecule has 1 aliphatic heterocycles. The molecule has 2 aromatic heterocycles. The number of ether oxygens (including phenoxy) is 2. The van der Waals surface area contributed by atoms with Gasteiger partial charge in [-0.25, -0.2) is 14.8 Å². The van der Waals surface area contributed by atoms with Crippen LogP contribution in [0.4, 0.5) is 29.3 Å². The molecule has 0 radical (unpaired) electrons. The van der Waals surface area contributed by atoms with Gasteiger partial charge in [0.05, 0.1) is 48.5 Å². The number of aryl methyl sites for hydroxylation is 2. The maximum Gasteiger partial charge on any atom is 0.416 e. The number of alkyl halides is 3. The third-order valence-corrected chi connectivity index (χ3v) is 5.96. The number of nitrogens with one attached hydrogen (secondary N) is 2. The number of pyridine rings is 1. The minimum atomic E-state index is -4.56. The summed E-state index contributed by atoms with van der Waals surface area (Å²) in [6, 6.07) is 4.88. The third-order valence-electron chi connectivity index (χ3n) is 5.96. The number of benzene rings is 1. The van der Waals surface area contributed by atoms with Crippen molar-refractivity contribution in [1.29, 1.82) is 0 Å². The van der Waals surface area contributed by atoms with Crippen molar-refractivity contribution in [1.82, 2.24) is 15.0 Å². The SMILES string of the molecule is CCOc1cc(C)ncc1-c1ncc(NC(=O)Nc2ccc(CC3(C)COC3)c(C(F)(F)F)c2)c(C)n1. The van der Waals surface area contributed by atoms with Crippen LogP contribution in [-0.4, -0.2) is 40.8 Å². The monoisotopic (exact) mass is 515 g/mol. The second-order valence-electron chi connectivity index (χ2n) is 9.38. The predicted octanol–water partition coefficient (Wildman–Crippen LogP) is 5.80. The van der Waals surface area contributed by atoms with Crippen LogP contribution in [0.1, 0.15) is 36.4 Å². The first-order chi connectivity index (χ1) is 17.5. The maximum absolute atomic E-state index is 13.7. The van der Waals surface area contributed by atoms with E-state index in [9.17, 15) is 18.0 Å². The number of anilines is 2. The van der Waals surface area contributed by atoms with Crippen molar-refractivity contribution in [3.8, 4) is 17.1 Å². The molecule has 1 aromatic carbocycles. The Morgan fingerprint density at radius 2 is 1.89 bits per heavy atom. The van der Waals surface area contributed by atoms with Gasteiger partial charge in [0.15, 0.2) is 5.82 Å². The number of nitrogens with zero attached hydrogens (tertiary/aromatic N) is 3. The minimum absolute atomic E-state index is 0.0193. The summed E-state index contributed by atoms with van der Waals surface area (Å²) < 4.78 is 52.1. The zero-order chi connectivity index (χ0) is 26.8. The first kappa shape index (κ1) is 26.3. The van der Waals surface area contributed by atoms with E-state index in [1.807, 2.05) is 20.8 Å². The molecule has 1 fully saturated rings. The molecule has 11 heteroatoms. The van der Waals surface area contributed by atoms with E-state index >= 15 is 0 Å². The van der Waals surface area contributed by atoms with Crippen LogP contribution in [0.25, 0.3) is 11.4 Å². The summed E-state index contributed by atoms with van der Waals surface area (Å²) in [6.45, 7) is 8.58. The van der Waals surface area contributed by atoms with Crippen molar-refractivity contribution in [3.05, 3.63) is 59.2 Å². The Balaban J connectivity index is 1.49. The molecule has 3 heterocycles. The van der Waals surface area contributed by atoms with Gasteiger partial charge in [0.25, 0.3) is 0 Å². The lowest BCUT2D eigenvalue weighted by molar-refractivity contribution is -0.139. The fourth-order valence-electron chi connectivity index (χ4n) is 4.07. The number of carbonyl (C=O) groups is 1. The molecular weight excluding hydrogens is 487 g/mol. The van der Waals surface area contributed by atoms with E-state index in [0.29, 0.717) is 48.3 Å². The zero-order valence-electron chi connectivity index (χ0n) is 21.0. The van der Waals surface area contributed by atoms with Gasteiger partial charge >= 0.3 is 12.2 Å². The summed E-state index contributed by atoms with van der Waals surface area (Å²) in [4.78, 5) is 25.6. The number of aromatic nitrogens is 3. The summed E-state index contributed by atoms with van der Waals surface area (Å²) in [5, 5.41) is 5.06. The van der Waals surface area contributed by atoms with E-state index < -0.39 is 17.8 Å². The highest BCUT2D eigenvalue weighted by atomic mass is 19.4. The molecule has 2 amide bonds. The van der Waals surface area contributed by atoms with Gasteiger partial charge in [-0.2, -0.15) is 13.2 Å². The second-order valence-corrected chi connectivity index (χ2v) is 9.38. The van der Waals surface area contributed by atoms with Gasteiger partial charge in [-0.15, -0.1) is 0 Å². The number of carbonyl (C=O) groups excluding carboxylic acids is 1. The fraction of sp³-hybridized carbons (Fsp3) is 0.385. The van der Waals surface area contributed by atoms with E-state index in [0.717, 1.165) is 11.8 Å². The molecule has 0 saturated carbocycles. The van der Waals surface area contributed by atoms with Crippen LogP contribution in [0.5, 0.6) is 5.75 Å². The Bertz CT molecular complexity index is 1310. The molecule has 4 rings (SSSR count). The molecule has 0 atom stereocenters. The number of rotatable bonds is 7. The van der Waals surface area contributed by atoms with Crippen LogP contribution in [0.15, 0.2) is 36.7 Å². The molecule has 1 saturated heterocycles. The summed E-state index contributed by atoms with van der Waals surface area (Å²) in [6.07, 6.45) is -1.28. The average molecular weight is 516 g/mol. The number of amides is 2. The highest BCUT2D eigenvalue weighted by molar-refractivity contribution is 6.00. The normalized spacial score (nSPS) is 14.6. The Morgan fingerprint density at radius 1 is 1.14 bits per heavy atom. The van der Waals surface area contributed by atoms with Crippen LogP contribution in [-0.2, 0) is 17.3 Å².